The van der Waals surface area contributed by atoms with Crippen LogP contribution in [0.3, 0.4) is 0 Å². The van der Waals surface area contributed by atoms with Gasteiger partial charge in [0.05, 0.1) is 5.69 Å². The molecule has 2 N–H and O–H groups in total. The molecule has 19 heavy (non-hydrogen) atoms. The van der Waals surface area contributed by atoms with Crippen molar-refractivity contribution in [3.63, 3.8) is 0 Å². The van der Waals surface area contributed by atoms with Crippen molar-refractivity contribution in [2.45, 2.75) is 26.7 Å². The van der Waals surface area contributed by atoms with E-state index in [9.17, 15) is 4.79 Å². The maximum absolute atomic E-state index is 11.0. The highest BCUT2D eigenvalue weighted by atomic mass is 32.1. The standard InChI is InChI=1S/C14H16N2O2S/c1-8(2)10-6-4-5-7-11(10)16-14-15-9(3)12(19-14)13(17)18/h4-8H,1-3H3,(H,15,16)(H,17,18). The van der Waals surface area contributed by atoms with Gasteiger partial charge >= 0.3 is 5.97 Å². The Morgan fingerprint density at radius 1 is 1.37 bits per heavy atom. The first-order valence-electron chi connectivity index (χ1n) is 6.05. The number of carboxylic acid groups (broad SMARTS) is 1. The normalized spacial score (nSPS) is 10.7. The minimum absolute atomic E-state index is 0.282. The van der Waals surface area contributed by atoms with Crippen molar-refractivity contribution in [2.24, 2.45) is 0 Å². The van der Waals surface area contributed by atoms with Gasteiger partial charge in [-0.2, -0.15) is 0 Å². The Balaban J connectivity index is 2.31. The lowest BCUT2D eigenvalue weighted by atomic mass is 10.0. The lowest BCUT2D eigenvalue weighted by Gasteiger charge is -2.12. The van der Waals surface area contributed by atoms with Crippen molar-refractivity contribution < 1.29 is 9.90 Å². The minimum atomic E-state index is -0.930. The molecule has 0 fully saturated rings. The first-order chi connectivity index (χ1) is 8.99. The lowest BCUT2D eigenvalue weighted by molar-refractivity contribution is 0.0701. The molecule has 2 aromatic rings. The predicted octanol–water partition coefficient (Wildman–Crippen LogP) is 4.02. The van der Waals surface area contributed by atoms with Gasteiger partial charge in [-0.3, -0.25) is 0 Å². The van der Waals surface area contributed by atoms with E-state index in [0.717, 1.165) is 17.0 Å². The van der Waals surface area contributed by atoms with Crippen LogP contribution in [0.1, 0.15) is 40.7 Å². The molecule has 0 bridgehead atoms. The molecule has 2 rings (SSSR count). The Hall–Kier alpha value is -1.88. The maximum Gasteiger partial charge on any atom is 0.347 e. The molecule has 0 unspecified atom stereocenters. The molecule has 0 spiro atoms. The van der Waals surface area contributed by atoms with Gasteiger partial charge in [0.15, 0.2) is 5.13 Å². The monoisotopic (exact) mass is 276 g/mol. The van der Waals surface area contributed by atoms with Crippen LogP contribution < -0.4 is 5.32 Å². The molecule has 4 nitrogen and oxygen atoms in total. The molecule has 5 heteroatoms. The van der Waals surface area contributed by atoms with Crippen molar-refractivity contribution in [3.8, 4) is 0 Å². The first kappa shape index (κ1) is 13.5. The number of nitrogens with zero attached hydrogens (tertiary/aromatic N) is 1. The van der Waals surface area contributed by atoms with E-state index in [0.29, 0.717) is 16.7 Å². The molecule has 1 aromatic heterocycles. The van der Waals surface area contributed by atoms with E-state index < -0.39 is 5.97 Å². The second kappa shape index (κ2) is 5.40. The fraction of sp³-hybridized carbons (Fsp3) is 0.286. The minimum Gasteiger partial charge on any atom is -0.477 e. The molecule has 0 saturated heterocycles. The van der Waals surface area contributed by atoms with Crippen LogP contribution in [0, 0.1) is 6.92 Å². The second-order valence-corrected chi connectivity index (χ2v) is 5.60. The summed E-state index contributed by atoms with van der Waals surface area (Å²) in [6.07, 6.45) is 0. The zero-order chi connectivity index (χ0) is 14.0. The predicted molar refractivity (Wildman–Crippen MR) is 77.6 cm³/mol. The van der Waals surface area contributed by atoms with Gasteiger partial charge in [-0.15, -0.1) is 0 Å². The third-order valence-electron chi connectivity index (χ3n) is 2.82. The molecule has 0 aliphatic heterocycles. The van der Waals surface area contributed by atoms with Gasteiger partial charge in [-0.25, -0.2) is 9.78 Å². The third kappa shape index (κ3) is 2.93. The Kier molecular flexibility index (Phi) is 3.85. The highest BCUT2D eigenvalue weighted by Gasteiger charge is 2.15. The van der Waals surface area contributed by atoms with Crippen molar-refractivity contribution >= 4 is 28.1 Å². The average molecular weight is 276 g/mol. The molecule has 1 heterocycles. The summed E-state index contributed by atoms with van der Waals surface area (Å²) in [4.78, 5) is 15.5. The van der Waals surface area contributed by atoms with Crippen LogP contribution in [0.4, 0.5) is 10.8 Å². The van der Waals surface area contributed by atoms with Gasteiger partial charge in [0.2, 0.25) is 0 Å². The number of nitrogens with one attached hydrogen (secondary N) is 1. The Bertz CT molecular complexity index is 605. The lowest BCUT2D eigenvalue weighted by Crippen LogP contribution is -1.97. The molecular formula is C14H16N2O2S. The van der Waals surface area contributed by atoms with Crippen molar-refractivity contribution in [3.05, 3.63) is 40.4 Å². The SMILES string of the molecule is Cc1nc(Nc2ccccc2C(C)C)sc1C(=O)O. The van der Waals surface area contributed by atoms with E-state index in [2.05, 4.69) is 30.2 Å². The number of anilines is 2. The molecule has 100 valence electrons. The summed E-state index contributed by atoms with van der Waals surface area (Å²) in [6.45, 7) is 5.95. The van der Waals surface area contributed by atoms with Crippen LogP contribution >= 0.6 is 11.3 Å². The van der Waals surface area contributed by atoms with Gasteiger partial charge in [0.1, 0.15) is 4.88 Å². The maximum atomic E-state index is 11.0. The Morgan fingerprint density at radius 2 is 2.05 bits per heavy atom. The summed E-state index contributed by atoms with van der Waals surface area (Å²) < 4.78 is 0. The van der Waals surface area contributed by atoms with E-state index in [1.807, 2.05) is 18.2 Å². The summed E-state index contributed by atoms with van der Waals surface area (Å²) in [7, 11) is 0. The van der Waals surface area contributed by atoms with Crippen molar-refractivity contribution in [1.29, 1.82) is 0 Å². The number of thiazole rings is 1. The molecule has 0 aliphatic carbocycles. The number of benzene rings is 1. The van der Waals surface area contributed by atoms with Crippen LogP contribution in [0.15, 0.2) is 24.3 Å². The molecule has 0 aliphatic rings. The fourth-order valence-corrected chi connectivity index (χ4v) is 2.70. The number of carboxylic acids is 1. The molecule has 0 radical (unpaired) electrons. The highest BCUT2D eigenvalue weighted by Crippen LogP contribution is 2.30. The number of hydrogen-bond acceptors (Lipinski definition) is 4. The van der Waals surface area contributed by atoms with E-state index in [4.69, 9.17) is 5.11 Å². The summed E-state index contributed by atoms with van der Waals surface area (Å²) in [5, 5.41) is 12.9. The second-order valence-electron chi connectivity index (χ2n) is 4.61. The zero-order valence-electron chi connectivity index (χ0n) is 11.1. The average Bonchev–Trinajstić information content (AvgIpc) is 2.71. The Labute approximate surface area is 116 Å². The van der Waals surface area contributed by atoms with Crippen LogP contribution in [-0.2, 0) is 0 Å². The van der Waals surface area contributed by atoms with Gasteiger partial charge in [0, 0.05) is 5.69 Å². The van der Waals surface area contributed by atoms with Gasteiger partial charge < -0.3 is 10.4 Å². The van der Waals surface area contributed by atoms with E-state index in [1.54, 1.807) is 6.92 Å². The topological polar surface area (TPSA) is 62.2 Å². The van der Waals surface area contributed by atoms with Crippen LogP contribution in [0.2, 0.25) is 0 Å². The number of aromatic carboxylic acids is 1. The number of rotatable bonds is 4. The number of para-hydroxylation sites is 1. The number of aromatic nitrogens is 1. The van der Waals surface area contributed by atoms with Crippen molar-refractivity contribution in [1.82, 2.24) is 4.98 Å². The number of hydrogen-bond donors (Lipinski definition) is 2. The summed E-state index contributed by atoms with van der Waals surface area (Å²) in [6, 6.07) is 7.99. The van der Waals surface area contributed by atoms with Crippen LogP contribution in [0.25, 0.3) is 0 Å². The van der Waals surface area contributed by atoms with Crippen LogP contribution in [0.5, 0.6) is 0 Å². The zero-order valence-corrected chi connectivity index (χ0v) is 11.9. The van der Waals surface area contributed by atoms with Gasteiger partial charge in [0.25, 0.3) is 0 Å². The summed E-state index contributed by atoms with van der Waals surface area (Å²) >= 11 is 1.16. The van der Waals surface area contributed by atoms with Crippen molar-refractivity contribution in [2.75, 3.05) is 5.32 Å². The Morgan fingerprint density at radius 3 is 2.63 bits per heavy atom. The molecular weight excluding hydrogens is 260 g/mol. The first-order valence-corrected chi connectivity index (χ1v) is 6.87. The van der Waals surface area contributed by atoms with Gasteiger partial charge in [-0.1, -0.05) is 43.4 Å². The molecule has 0 amide bonds. The van der Waals surface area contributed by atoms with E-state index in [-0.39, 0.29) is 4.88 Å². The largest absolute Gasteiger partial charge is 0.477 e. The summed E-state index contributed by atoms with van der Waals surface area (Å²) in [5.74, 6) is -0.538. The van der Waals surface area contributed by atoms with E-state index >= 15 is 0 Å². The summed E-state index contributed by atoms with van der Waals surface area (Å²) in [5.41, 5.74) is 2.71. The number of carbonyl (C=O) groups is 1. The fourth-order valence-electron chi connectivity index (χ4n) is 1.88. The third-order valence-corrected chi connectivity index (χ3v) is 3.88. The number of aryl methyl sites for hydroxylation is 1. The highest BCUT2D eigenvalue weighted by molar-refractivity contribution is 7.17. The molecule has 1 aromatic carbocycles. The van der Waals surface area contributed by atoms with Crippen LogP contribution in [-0.4, -0.2) is 16.1 Å². The van der Waals surface area contributed by atoms with Gasteiger partial charge in [-0.05, 0) is 24.5 Å². The smallest absolute Gasteiger partial charge is 0.347 e. The molecule has 0 atom stereocenters. The quantitative estimate of drug-likeness (QED) is 0.885. The molecule has 0 saturated carbocycles. The van der Waals surface area contributed by atoms with E-state index in [1.165, 1.54) is 5.56 Å².